The van der Waals surface area contributed by atoms with Gasteiger partial charge in [-0.15, -0.1) is 10.6 Å². The van der Waals surface area contributed by atoms with Crippen LogP contribution in [0.2, 0.25) is 0 Å². The summed E-state index contributed by atoms with van der Waals surface area (Å²) in [4.78, 5) is 0. The van der Waals surface area contributed by atoms with Gasteiger partial charge in [-0.1, -0.05) is 0 Å². The Kier molecular flexibility index (Phi) is 2.43. The maximum atomic E-state index is 4.05. The van der Waals surface area contributed by atoms with E-state index in [0.717, 1.165) is 31.3 Å². The molecule has 0 spiro atoms. The minimum atomic E-state index is 0.791. The Morgan fingerprint density at radius 2 is 2.17 bits per heavy atom. The molecule has 2 aliphatic heterocycles. The van der Waals surface area contributed by atoms with Crippen molar-refractivity contribution in [3.05, 3.63) is 0 Å². The highest BCUT2D eigenvalue weighted by Crippen LogP contribution is 2.15. The fourth-order valence-electron chi connectivity index (χ4n) is 1.68. The fraction of sp³-hybridized carbons (Fsp3) is 0.857. The topological polar surface area (TPSA) is 60.5 Å². The van der Waals surface area contributed by atoms with Crippen LogP contribution in [0.5, 0.6) is 0 Å². The lowest BCUT2D eigenvalue weighted by atomic mass is 9.94. The highest BCUT2D eigenvalue weighted by Gasteiger charge is 2.16. The fourth-order valence-corrected chi connectivity index (χ4v) is 1.68. The normalized spacial score (nSPS) is 24.5. The van der Waals surface area contributed by atoms with Gasteiger partial charge in [0.25, 0.3) is 0 Å². The van der Waals surface area contributed by atoms with E-state index >= 15 is 0 Å². The van der Waals surface area contributed by atoms with E-state index in [9.17, 15) is 0 Å². The van der Waals surface area contributed by atoms with Crippen molar-refractivity contribution in [1.82, 2.24) is 21.8 Å². The van der Waals surface area contributed by atoms with Crippen LogP contribution >= 0.6 is 0 Å². The molecular formula is C7H15N5. The molecule has 5 nitrogen and oxygen atoms in total. The second-order valence-electron chi connectivity index (χ2n) is 3.32. The lowest BCUT2D eigenvalue weighted by molar-refractivity contribution is 0.382. The number of hydrogen-bond acceptors (Lipinski definition) is 5. The van der Waals surface area contributed by atoms with Crippen LogP contribution in [-0.4, -0.2) is 18.9 Å². The number of hydrazine groups is 2. The number of rotatable bonds is 2. The Balaban J connectivity index is 1.77. The summed E-state index contributed by atoms with van der Waals surface area (Å²) in [6, 6.07) is 0. The molecular weight excluding hydrogens is 154 g/mol. The quantitative estimate of drug-likeness (QED) is 0.441. The Hall–Kier alpha value is -0.810. The van der Waals surface area contributed by atoms with Crippen LogP contribution in [0.1, 0.15) is 19.3 Å². The van der Waals surface area contributed by atoms with E-state index in [-0.39, 0.29) is 0 Å². The summed E-state index contributed by atoms with van der Waals surface area (Å²) in [5, 5.41) is 7.40. The van der Waals surface area contributed by atoms with E-state index < -0.39 is 0 Å². The summed E-state index contributed by atoms with van der Waals surface area (Å²) in [6.45, 7) is 2.30. The maximum absolute atomic E-state index is 4.05. The molecule has 5 heteroatoms. The maximum Gasteiger partial charge on any atom is 0.139 e. The SMILES string of the molecule is C1CC(CC2=NNNN2)CCN1. The summed E-state index contributed by atoms with van der Waals surface area (Å²) in [7, 11) is 0. The number of nitrogens with one attached hydrogen (secondary N) is 4. The molecule has 0 bridgehead atoms. The second-order valence-corrected chi connectivity index (χ2v) is 3.32. The van der Waals surface area contributed by atoms with Gasteiger partial charge in [0.2, 0.25) is 0 Å². The van der Waals surface area contributed by atoms with Crippen molar-refractivity contribution < 1.29 is 0 Å². The van der Waals surface area contributed by atoms with E-state index in [4.69, 9.17) is 0 Å². The van der Waals surface area contributed by atoms with E-state index in [0.29, 0.717) is 0 Å². The summed E-state index contributed by atoms with van der Waals surface area (Å²) < 4.78 is 0. The molecule has 2 rings (SSSR count). The van der Waals surface area contributed by atoms with Crippen LogP contribution in [0.3, 0.4) is 0 Å². The first kappa shape index (κ1) is 7.82. The zero-order chi connectivity index (χ0) is 8.23. The predicted molar refractivity (Wildman–Crippen MR) is 47.1 cm³/mol. The first-order valence-corrected chi connectivity index (χ1v) is 4.48. The Morgan fingerprint density at radius 1 is 1.33 bits per heavy atom. The third-order valence-corrected chi connectivity index (χ3v) is 2.39. The molecule has 0 atom stereocenters. The van der Waals surface area contributed by atoms with Crippen molar-refractivity contribution in [3.63, 3.8) is 0 Å². The van der Waals surface area contributed by atoms with Gasteiger partial charge in [-0.3, -0.25) is 5.43 Å². The zero-order valence-electron chi connectivity index (χ0n) is 7.06. The molecule has 0 radical (unpaired) electrons. The largest absolute Gasteiger partial charge is 0.317 e. The Bertz CT molecular complexity index is 173. The average Bonchev–Trinajstić information content (AvgIpc) is 2.59. The standard InChI is InChI=1S/C7H15N5/c1-3-8-4-2-6(1)5-7-9-11-12-10-7/h6,8,11-12H,1-5H2,(H,9,10). The number of hydrogen-bond donors (Lipinski definition) is 4. The number of piperidine rings is 1. The van der Waals surface area contributed by atoms with Crippen molar-refractivity contribution in [1.29, 1.82) is 0 Å². The van der Waals surface area contributed by atoms with Crippen molar-refractivity contribution in [3.8, 4) is 0 Å². The van der Waals surface area contributed by atoms with Crippen LogP contribution in [0.4, 0.5) is 0 Å². The van der Waals surface area contributed by atoms with Crippen molar-refractivity contribution in [2.75, 3.05) is 13.1 Å². The van der Waals surface area contributed by atoms with Crippen LogP contribution in [-0.2, 0) is 0 Å². The van der Waals surface area contributed by atoms with Crippen LogP contribution in [0.15, 0.2) is 5.10 Å². The third kappa shape index (κ3) is 1.86. The Morgan fingerprint density at radius 3 is 2.83 bits per heavy atom. The highest BCUT2D eigenvalue weighted by atomic mass is 15.8. The number of hydrazone groups is 1. The van der Waals surface area contributed by atoms with Gasteiger partial charge in [0.05, 0.1) is 0 Å². The van der Waals surface area contributed by atoms with Gasteiger partial charge in [0.1, 0.15) is 5.84 Å². The first-order chi connectivity index (χ1) is 5.95. The molecule has 1 fully saturated rings. The number of amidine groups is 1. The summed E-state index contributed by atoms with van der Waals surface area (Å²) >= 11 is 0. The molecule has 0 aromatic rings. The molecule has 4 N–H and O–H groups in total. The Labute approximate surface area is 71.9 Å². The van der Waals surface area contributed by atoms with Gasteiger partial charge in [0.15, 0.2) is 0 Å². The summed E-state index contributed by atoms with van der Waals surface area (Å²) in [5.74, 6) is 1.82. The zero-order valence-corrected chi connectivity index (χ0v) is 7.06. The summed E-state index contributed by atoms with van der Waals surface area (Å²) in [5.41, 5.74) is 8.39. The molecule has 0 aromatic heterocycles. The molecule has 0 aromatic carbocycles. The van der Waals surface area contributed by atoms with Gasteiger partial charge >= 0.3 is 0 Å². The summed E-state index contributed by atoms with van der Waals surface area (Å²) in [6.07, 6.45) is 3.59. The second kappa shape index (κ2) is 3.73. The van der Waals surface area contributed by atoms with E-state index in [2.05, 4.69) is 26.9 Å². The molecule has 2 aliphatic rings. The molecule has 0 aliphatic carbocycles. The molecule has 0 unspecified atom stereocenters. The molecule has 1 saturated heterocycles. The van der Waals surface area contributed by atoms with Gasteiger partial charge in [-0.05, 0) is 31.8 Å². The van der Waals surface area contributed by atoms with E-state index in [1.54, 1.807) is 0 Å². The average molecular weight is 169 g/mol. The smallest absolute Gasteiger partial charge is 0.139 e. The lowest BCUT2D eigenvalue weighted by Crippen LogP contribution is -2.37. The molecule has 0 saturated carbocycles. The van der Waals surface area contributed by atoms with Crippen LogP contribution in [0.25, 0.3) is 0 Å². The lowest BCUT2D eigenvalue weighted by Gasteiger charge is -2.21. The monoisotopic (exact) mass is 169 g/mol. The van der Waals surface area contributed by atoms with Crippen molar-refractivity contribution in [2.24, 2.45) is 11.0 Å². The van der Waals surface area contributed by atoms with Gasteiger partial charge < -0.3 is 5.32 Å². The minimum Gasteiger partial charge on any atom is -0.317 e. The molecule has 12 heavy (non-hydrogen) atoms. The van der Waals surface area contributed by atoms with Gasteiger partial charge in [-0.2, -0.15) is 0 Å². The van der Waals surface area contributed by atoms with Crippen LogP contribution < -0.4 is 21.8 Å². The van der Waals surface area contributed by atoms with Crippen molar-refractivity contribution >= 4 is 5.84 Å². The van der Waals surface area contributed by atoms with Crippen LogP contribution in [0, 0.1) is 5.92 Å². The van der Waals surface area contributed by atoms with Crippen molar-refractivity contribution in [2.45, 2.75) is 19.3 Å². The molecule has 0 amide bonds. The first-order valence-electron chi connectivity index (χ1n) is 4.48. The third-order valence-electron chi connectivity index (χ3n) is 2.39. The molecule has 2 heterocycles. The van der Waals surface area contributed by atoms with Gasteiger partial charge in [0, 0.05) is 6.42 Å². The van der Waals surface area contributed by atoms with E-state index in [1.165, 1.54) is 12.8 Å². The molecule has 68 valence electrons. The minimum absolute atomic E-state index is 0.791. The van der Waals surface area contributed by atoms with Gasteiger partial charge in [-0.25, -0.2) is 5.53 Å². The number of nitrogens with zero attached hydrogens (tertiary/aromatic N) is 1. The van der Waals surface area contributed by atoms with E-state index in [1.807, 2.05) is 0 Å². The highest BCUT2D eigenvalue weighted by molar-refractivity contribution is 5.82. The predicted octanol–water partition coefficient (Wildman–Crippen LogP) is -0.698.